The van der Waals surface area contributed by atoms with E-state index < -0.39 is 0 Å². The largest absolute Gasteiger partial charge is 0.347 e. The molecule has 0 saturated heterocycles. The Labute approximate surface area is 190 Å². The van der Waals surface area contributed by atoms with Gasteiger partial charge in [0.1, 0.15) is 7.05 Å². The first-order valence-electron chi connectivity index (χ1n) is 11.2. The summed E-state index contributed by atoms with van der Waals surface area (Å²) in [5, 5.41) is 2.53. The van der Waals surface area contributed by atoms with Crippen molar-refractivity contribution in [1.29, 1.82) is 0 Å². The Balaban J connectivity index is 1.50. The minimum atomic E-state index is -0.0000176. The number of rotatable bonds is 3. The van der Waals surface area contributed by atoms with Crippen LogP contribution in [0.5, 0.6) is 0 Å². The summed E-state index contributed by atoms with van der Waals surface area (Å²) in [6.07, 6.45) is 10.9. The first kappa shape index (κ1) is 20.3. The molecule has 2 heterocycles. The molecule has 1 aromatic heterocycles. The SMILES string of the molecule is CN1/C(=C/C=C/C=C/c2c3ccccc3[n+](C)c3ccccc23)C(C)(C)c2ccccc21. The van der Waals surface area contributed by atoms with Crippen molar-refractivity contribution in [2.45, 2.75) is 19.3 Å². The number of fused-ring (bicyclic) bond motifs is 3. The Bertz CT molecular complexity index is 1360. The summed E-state index contributed by atoms with van der Waals surface area (Å²) in [5.41, 5.74) is 7.73. The second-order valence-corrected chi connectivity index (χ2v) is 9.00. The molecule has 0 atom stereocenters. The molecule has 1 aliphatic heterocycles. The molecule has 1 aliphatic rings. The van der Waals surface area contributed by atoms with Crippen molar-refractivity contribution in [2.24, 2.45) is 7.05 Å². The van der Waals surface area contributed by atoms with Gasteiger partial charge in [-0.05, 0) is 29.8 Å². The number of nitrogens with zero attached hydrogens (tertiary/aromatic N) is 2. The highest BCUT2D eigenvalue weighted by Gasteiger charge is 2.37. The van der Waals surface area contributed by atoms with Crippen LogP contribution in [0.4, 0.5) is 5.69 Å². The number of hydrogen-bond acceptors (Lipinski definition) is 1. The molecule has 4 aromatic rings. The van der Waals surface area contributed by atoms with Crippen molar-refractivity contribution in [3.8, 4) is 0 Å². The molecule has 0 amide bonds. The Kier molecular flexibility index (Phi) is 4.94. The maximum absolute atomic E-state index is 2.31. The zero-order chi connectivity index (χ0) is 22.3. The topological polar surface area (TPSA) is 7.12 Å². The van der Waals surface area contributed by atoms with Gasteiger partial charge in [0.25, 0.3) is 0 Å². The van der Waals surface area contributed by atoms with Crippen LogP contribution in [-0.4, -0.2) is 7.05 Å². The normalized spacial score (nSPS) is 16.8. The van der Waals surface area contributed by atoms with Crippen molar-refractivity contribution in [2.75, 3.05) is 11.9 Å². The number of anilines is 1. The zero-order valence-electron chi connectivity index (χ0n) is 19.2. The molecule has 2 nitrogen and oxygen atoms in total. The number of allylic oxidation sites excluding steroid dienone is 5. The van der Waals surface area contributed by atoms with Crippen molar-refractivity contribution >= 4 is 33.6 Å². The second-order valence-electron chi connectivity index (χ2n) is 9.00. The highest BCUT2D eigenvalue weighted by Crippen LogP contribution is 2.46. The van der Waals surface area contributed by atoms with Crippen LogP contribution in [0.2, 0.25) is 0 Å². The molecule has 3 aromatic carbocycles. The number of aryl methyl sites for hydroxylation is 1. The van der Waals surface area contributed by atoms with Crippen LogP contribution < -0.4 is 9.47 Å². The standard InChI is InChI=1S/C30H29N2/c1-30(2)25-17-10-13-20-28(25)32(4)29(30)21-7-5-6-14-22-23-15-8-11-18-26(23)31(3)27-19-12-9-16-24(22)27/h5-21H,1-4H3/q+1. The number of aromatic nitrogens is 1. The van der Waals surface area contributed by atoms with Crippen LogP contribution in [0.3, 0.4) is 0 Å². The number of benzene rings is 3. The Morgan fingerprint density at radius 3 is 2.00 bits per heavy atom. The monoisotopic (exact) mass is 417 g/mol. The Morgan fingerprint density at radius 2 is 1.34 bits per heavy atom. The van der Waals surface area contributed by atoms with Gasteiger partial charge in [-0.2, -0.15) is 4.57 Å². The number of pyridine rings is 1. The van der Waals surface area contributed by atoms with E-state index in [1.165, 1.54) is 44.3 Å². The fourth-order valence-electron chi connectivity index (χ4n) is 5.11. The molecule has 0 spiro atoms. The van der Waals surface area contributed by atoms with Gasteiger partial charge < -0.3 is 4.90 Å². The molecule has 0 radical (unpaired) electrons. The van der Waals surface area contributed by atoms with Crippen LogP contribution in [-0.2, 0) is 12.5 Å². The van der Waals surface area contributed by atoms with Crippen LogP contribution in [0.25, 0.3) is 27.9 Å². The summed E-state index contributed by atoms with van der Waals surface area (Å²) in [5.74, 6) is 0. The van der Waals surface area contributed by atoms with Gasteiger partial charge in [-0.15, -0.1) is 0 Å². The third kappa shape index (κ3) is 3.15. The van der Waals surface area contributed by atoms with E-state index in [0.29, 0.717) is 0 Å². The van der Waals surface area contributed by atoms with Gasteiger partial charge in [0.15, 0.2) is 0 Å². The highest BCUT2D eigenvalue weighted by atomic mass is 15.2. The number of likely N-dealkylation sites (N-methyl/N-ethyl adjacent to an activating group) is 1. The lowest BCUT2D eigenvalue weighted by atomic mass is 9.84. The van der Waals surface area contributed by atoms with E-state index >= 15 is 0 Å². The van der Waals surface area contributed by atoms with E-state index in [1.807, 2.05) is 0 Å². The minimum Gasteiger partial charge on any atom is -0.347 e. The molecule has 0 N–H and O–H groups in total. The predicted octanol–water partition coefficient (Wildman–Crippen LogP) is 6.70. The van der Waals surface area contributed by atoms with E-state index in [1.54, 1.807) is 0 Å². The second kappa shape index (κ2) is 7.80. The maximum atomic E-state index is 2.31. The highest BCUT2D eigenvalue weighted by molar-refractivity contribution is 6.00. The van der Waals surface area contributed by atoms with Crippen LogP contribution in [0.15, 0.2) is 103 Å². The van der Waals surface area contributed by atoms with E-state index in [2.05, 4.69) is 141 Å². The molecular formula is C30H29N2+. The van der Waals surface area contributed by atoms with Gasteiger partial charge in [0.2, 0.25) is 11.0 Å². The third-order valence-corrected chi connectivity index (χ3v) is 6.79. The molecule has 0 unspecified atom stereocenters. The Hall–Kier alpha value is -3.65. The first-order chi connectivity index (χ1) is 15.5. The van der Waals surface area contributed by atoms with E-state index in [4.69, 9.17) is 0 Å². The molecule has 32 heavy (non-hydrogen) atoms. The van der Waals surface area contributed by atoms with Crippen molar-refractivity contribution in [3.05, 3.63) is 114 Å². The summed E-state index contributed by atoms with van der Waals surface area (Å²) in [4.78, 5) is 2.31. The summed E-state index contributed by atoms with van der Waals surface area (Å²) >= 11 is 0. The van der Waals surface area contributed by atoms with E-state index in [-0.39, 0.29) is 5.41 Å². The lowest BCUT2D eigenvalue weighted by molar-refractivity contribution is -0.617. The third-order valence-electron chi connectivity index (χ3n) is 6.79. The number of hydrogen-bond donors (Lipinski definition) is 0. The maximum Gasteiger partial charge on any atom is 0.213 e. The van der Waals surface area contributed by atoms with Crippen LogP contribution in [0, 0.1) is 0 Å². The summed E-state index contributed by atoms with van der Waals surface area (Å²) in [7, 11) is 4.30. The van der Waals surface area contributed by atoms with Gasteiger partial charge in [-0.1, -0.05) is 80.6 Å². The summed E-state index contributed by atoms with van der Waals surface area (Å²) < 4.78 is 2.28. The lowest BCUT2D eigenvalue weighted by Gasteiger charge is -2.23. The zero-order valence-corrected chi connectivity index (χ0v) is 19.2. The van der Waals surface area contributed by atoms with Gasteiger partial charge in [-0.3, -0.25) is 0 Å². The molecule has 0 fully saturated rings. The van der Waals surface area contributed by atoms with E-state index in [0.717, 1.165) is 0 Å². The average Bonchev–Trinajstić information content (AvgIpc) is 3.01. The minimum absolute atomic E-state index is 0.0000176. The Morgan fingerprint density at radius 1 is 0.750 bits per heavy atom. The molecule has 2 heteroatoms. The van der Waals surface area contributed by atoms with Crippen molar-refractivity contribution in [3.63, 3.8) is 0 Å². The molecule has 0 saturated carbocycles. The van der Waals surface area contributed by atoms with Crippen LogP contribution >= 0.6 is 0 Å². The smallest absolute Gasteiger partial charge is 0.213 e. The number of para-hydroxylation sites is 3. The van der Waals surface area contributed by atoms with E-state index in [9.17, 15) is 0 Å². The van der Waals surface area contributed by atoms with Gasteiger partial charge >= 0.3 is 0 Å². The van der Waals surface area contributed by atoms with Gasteiger partial charge in [0, 0.05) is 41.5 Å². The molecule has 0 aliphatic carbocycles. The molecular weight excluding hydrogens is 388 g/mol. The van der Waals surface area contributed by atoms with Gasteiger partial charge in [-0.25, -0.2) is 0 Å². The average molecular weight is 418 g/mol. The van der Waals surface area contributed by atoms with Crippen molar-refractivity contribution < 1.29 is 4.57 Å². The fraction of sp³-hybridized carbons (Fsp3) is 0.167. The molecule has 158 valence electrons. The van der Waals surface area contributed by atoms with Crippen LogP contribution in [0.1, 0.15) is 25.0 Å². The van der Waals surface area contributed by atoms with Gasteiger partial charge in [0.05, 0.1) is 10.8 Å². The lowest BCUT2D eigenvalue weighted by Crippen LogP contribution is -2.30. The molecule has 0 bridgehead atoms. The van der Waals surface area contributed by atoms with Crippen molar-refractivity contribution in [1.82, 2.24) is 0 Å². The predicted molar refractivity (Wildman–Crippen MR) is 137 cm³/mol. The first-order valence-corrected chi connectivity index (χ1v) is 11.2. The summed E-state index contributed by atoms with van der Waals surface area (Å²) in [6.45, 7) is 4.60. The summed E-state index contributed by atoms with van der Waals surface area (Å²) in [6, 6.07) is 25.9. The quantitative estimate of drug-likeness (QED) is 0.204. The molecule has 5 rings (SSSR count). The fourth-order valence-corrected chi connectivity index (χ4v) is 5.11.